The number of amides is 1. The average molecular weight is 392 g/mol. The summed E-state index contributed by atoms with van der Waals surface area (Å²) in [5, 5.41) is 22.4. The van der Waals surface area contributed by atoms with Crippen LogP contribution >= 0.6 is 11.6 Å². The second kappa shape index (κ2) is 7.50. The summed E-state index contributed by atoms with van der Waals surface area (Å²) in [5.74, 6) is -0.371. The number of aromatic amines is 1. The minimum absolute atomic E-state index is 0.103. The van der Waals surface area contributed by atoms with Gasteiger partial charge in [-0.2, -0.15) is 5.11 Å². The van der Waals surface area contributed by atoms with Gasteiger partial charge in [0.05, 0.1) is 11.2 Å². The SMILES string of the molecule is O=C(Nc1ccc2[nH]c(O)c(N=Nc3ccncc3)c2c1)c1ccc(Cl)cc1. The van der Waals surface area contributed by atoms with E-state index in [1.807, 2.05) is 0 Å². The van der Waals surface area contributed by atoms with Gasteiger partial charge in [0.2, 0.25) is 5.88 Å². The molecule has 0 fully saturated rings. The number of nitrogens with one attached hydrogen (secondary N) is 2. The van der Waals surface area contributed by atoms with Crippen molar-refractivity contribution in [3.63, 3.8) is 0 Å². The van der Waals surface area contributed by atoms with E-state index in [-0.39, 0.29) is 17.5 Å². The van der Waals surface area contributed by atoms with Gasteiger partial charge in [-0.1, -0.05) is 11.6 Å². The number of fused-ring (bicyclic) bond motifs is 1. The third-order valence-corrected chi connectivity index (χ3v) is 4.30. The average Bonchev–Trinajstić information content (AvgIpc) is 3.02. The molecule has 4 aromatic rings. The Kier molecular flexibility index (Phi) is 4.74. The van der Waals surface area contributed by atoms with Gasteiger partial charge in [0.25, 0.3) is 5.91 Å². The number of rotatable bonds is 4. The lowest BCUT2D eigenvalue weighted by Gasteiger charge is -2.05. The minimum Gasteiger partial charge on any atom is -0.493 e. The lowest BCUT2D eigenvalue weighted by Crippen LogP contribution is -2.11. The topological polar surface area (TPSA) is 103 Å². The molecule has 3 N–H and O–H groups in total. The molecule has 0 aliphatic carbocycles. The van der Waals surface area contributed by atoms with Gasteiger partial charge >= 0.3 is 0 Å². The van der Waals surface area contributed by atoms with Gasteiger partial charge in [-0.15, -0.1) is 5.11 Å². The number of hydrogen-bond acceptors (Lipinski definition) is 5. The number of hydrogen-bond donors (Lipinski definition) is 3. The Morgan fingerprint density at radius 3 is 2.54 bits per heavy atom. The van der Waals surface area contributed by atoms with Crippen molar-refractivity contribution in [3.05, 3.63) is 77.6 Å². The Morgan fingerprint density at radius 2 is 1.79 bits per heavy atom. The summed E-state index contributed by atoms with van der Waals surface area (Å²) in [6, 6.07) is 15.2. The molecule has 0 bridgehead atoms. The van der Waals surface area contributed by atoms with Crippen LogP contribution in [-0.4, -0.2) is 21.0 Å². The van der Waals surface area contributed by atoms with E-state index in [0.717, 1.165) is 0 Å². The summed E-state index contributed by atoms with van der Waals surface area (Å²) in [6.45, 7) is 0. The van der Waals surface area contributed by atoms with E-state index in [2.05, 4.69) is 25.5 Å². The Balaban J connectivity index is 1.63. The molecule has 2 aromatic heterocycles. The lowest BCUT2D eigenvalue weighted by molar-refractivity contribution is 0.102. The maximum atomic E-state index is 12.4. The van der Waals surface area contributed by atoms with Crippen LogP contribution in [0.15, 0.2) is 77.2 Å². The Labute approximate surface area is 164 Å². The Hall–Kier alpha value is -3.71. The summed E-state index contributed by atoms with van der Waals surface area (Å²) in [7, 11) is 0. The summed E-state index contributed by atoms with van der Waals surface area (Å²) >= 11 is 5.85. The number of carbonyl (C=O) groups is 1. The third kappa shape index (κ3) is 3.70. The highest BCUT2D eigenvalue weighted by atomic mass is 35.5. The molecule has 0 spiro atoms. The fourth-order valence-corrected chi connectivity index (χ4v) is 2.79. The molecule has 0 aliphatic rings. The van der Waals surface area contributed by atoms with E-state index in [0.29, 0.717) is 32.9 Å². The lowest BCUT2D eigenvalue weighted by atomic mass is 10.2. The van der Waals surface area contributed by atoms with Gasteiger partial charge in [-0.25, -0.2) is 0 Å². The number of azo groups is 1. The molecule has 0 saturated heterocycles. The maximum Gasteiger partial charge on any atom is 0.255 e. The molecule has 0 radical (unpaired) electrons. The van der Waals surface area contributed by atoms with Crippen LogP contribution in [0.5, 0.6) is 5.88 Å². The maximum absolute atomic E-state index is 12.4. The third-order valence-electron chi connectivity index (χ3n) is 4.04. The summed E-state index contributed by atoms with van der Waals surface area (Å²) in [4.78, 5) is 19.2. The van der Waals surface area contributed by atoms with Crippen molar-refractivity contribution >= 4 is 45.5 Å². The molecule has 28 heavy (non-hydrogen) atoms. The number of aromatic hydroxyl groups is 1. The van der Waals surface area contributed by atoms with Crippen molar-refractivity contribution in [2.75, 3.05) is 5.32 Å². The molecule has 8 heteroatoms. The van der Waals surface area contributed by atoms with Gasteiger partial charge in [0, 0.05) is 34.1 Å². The van der Waals surface area contributed by atoms with Crippen LogP contribution < -0.4 is 5.32 Å². The van der Waals surface area contributed by atoms with E-state index in [9.17, 15) is 9.90 Å². The molecule has 0 atom stereocenters. The van der Waals surface area contributed by atoms with Crippen molar-refractivity contribution in [3.8, 4) is 5.88 Å². The van der Waals surface area contributed by atoms with Crippen LogP contribution in [-0.2, 0) is 0 Å². The first-order chi connectivity index (χ1) is 13.6. The number of nitrogens with zero attached hydrogens (tertiary/aromatic N) is 3. The van der Waals surface area contributed by atoms with Gasteiger partial charge in [0.15, 0.2) is 5.69 Å². The zero-order valence-electron chi connectivity index (χ0n) is 14.4. The van der Waals surface area contributed by atoms with E-state index in [1.54, 1.807) is 67.0 Å². The zero-order valence-corrected chi connectivity index (χ0v) is 15.2. The van der Waals surface area contributed by atoms with Crippen molar-refractivity contribution in [1.82, 2.24) is 9.97 Å². The van der Waals surface area contributed by atoms with E-state index >= 15 is 0 Å². The van der Waals surface area contributed by atoms with Gasteiger partial charge < -0.3 is 15.4 Å². The van der Waals surface area contributed by atoms with Crippen molar-refractivity contribution in [1.29, 1.82) is 0 Å². The Bertz CT molecular complexity index is 1170. The molecule has 138 valence electrons. The molecule has 0 saturated carbocycles. The standard InChI is InChI=1S/C20H14ClN5O2/c21-13-3-1-12(2-4-13)19(27)23-15-5-6-17-16(11-15)18(20(28)24-17)26-25-14-7-9-22-10-8-14/h1-11,24,28H,(H,23,27). The molecular weight excluding hydrogens is 378 g/mol. The first-order valence-electron chi connectivity index (χ1n) is 8.33. The molecule has 2 aromatic carbocycles. The Morgan fingerprint density at radius 1 is 1.04 bits per heavy atom. The smallest absolute Gasteiger partial charge is 0.255 e. The largest absolute Gasteiger partial charge is 0.493 e. The van der Waals surface area contributed by atoms with E-state index < -0.39 is 0 Å². The fourth-order valence-electron chi connectivity index (χ4n) is 2.67. The first-order valence-corrected chi connectivity index (χ1v) is 8.71. The van der Waals surface area contributed by atoms with Crippen LogP contribution in [0.25, 0.3) is 10.9 Å². The number of benzene rings is 2. The van der Waals surface area contributed by atoms with Crippen molar-refractivity contribution < 1.29 is 9.90 Å². The van der Waals surface area contributed by atoms with Crippen LogP contribution in [0.3, 0.4) is 0 Å². The summed E-state index contributed by atoms with van der Waals surface area (Å²) in [6.07, 6.45) is 3.21. The second-order valence-electron chi connectivity index (χ2n) is 5.95. The second-order valence-corrected chi connectivity index (χ2v) is 6.39. The molecule has 7 nitrogen and oxygen atoms in total. The highest BCUT2D eigenvalue weighted by Crippen LogP contribution is 2.37. The number of aromatic nitrogens is 2. The van der Waals surface area contributed by atoms with Crippen molar-refractivity contribution in [2.45, 2.75) is 0 Å². The van der Waals surface area contributed by atoms with Gasteiger partial charge in [-0.3, -0.25) is 9.78 Å². The number of halogens is 1. The minimum atomic E-state index is -0.268. The number of carbonyl (C=O) groups excluding carboxylic acids is 1. The molecule has 1 amide bonds. The van der Waals surface area contributed by atoms with Crippen LogP contribution in [0.1, 0.15) is 10.4 Å². The molecule has 0 aliphatic heterocycles. The number of H-pyrrole nitrogens is 1. The van der Waals surface area contributed by atoms with Crippen LogP contribution in [0, 0.1) is 0 Å². The first kappa shape index (κ1) is 17.7. The number of anilines is 1. The molecule has 0 unspecified atom stereocenters. The normalized spacial score (nSPS) is 11.2. The van der Waals surface area contributed by atoms with Crippen LogP contribution in [0.2, 0.25) is 5.02 Å². The highest BCUT2D eigenvalue weighted by molar-refractivity contribution is 6.30. The fraction of sp³-hybridized carbons (Fsp3) is 0. The predicted octanol–water partition coefficient (Wildman–Crippen LogP) is 5.59. The zero-order chi connectivity index (χ0) is 19.5. The number of pyridine rings is 1. The summed E-state index contributed by atoms with van der Waals surface area (Å²) in [5.41, 5.74) is 2.61. The van der Waals surface area contributed by atoms with E-state index in [4.69, 9.17) is 11.6 Å². The monoisotopic (exact) mass is 391 g/mol. The molecular formula is C20H14ClN5O2. The van der Waals surface area contributed by atoms with Crippen molar-refractivity contribution in [2.24, 2.45) is 10.2 Å². The van der Waals surface area contributed by atoms with Gasteiger partial charge in [-0.05, 0) is 54.6 Å². The van der Waals surface area contributed by atoms with Gasteiger partial charge in [0.1, 0.15) is 0 Å². The predicted molar refractivity (Wildman–Crippen MR) is 108 cm³/mol. The molecule has 4 rings (SSSR count). The quantitative estimate of drug-likeness (QED) is 0.395. The molecule has 2 heterocycles. The summed E-state index contributed by atoms with van der Waals surface area (Å²) < 4.78 is 0. The van der Waals surface area contributed by atoms with Crippen LogP contribution in [0.4, 0.5) is 17.1 Å². The highest BCUT2D eigenvalue weighted by Gasteiger charge is 2.13. The van der Waals surface area contributed by atoms with E-state index in [1.165, 1.54) is 0 Å².